The molecule has 0 unspecified atom stereocenters. The minimum atomic E-state index is -2.75. The van der Waals surface area contributed by atoms with E-state index in [1.807, 2.05) is 0 Å². The molecular formula is C9H17NO2S. The Morgan fingerprint density at radius 2 is 1.85 bits per heavy atom. The first-order valence-electron chi connectivity index (χ1n) is 5.07. The highest BCUT2D eigenvalue weighted by Crippen LogP contribution is 2.30. The Labute approximate surface area is 79.8 Å². The summed E-state index contributed by atoms with van der Waals surface area (Å²) in [5.74, 6) is 0.774. The topological polar surface area (TPSA) is 46.2 Å². The lowest BCUT2D eigenvalue weighted by Crippen LogP contribution is -2.55. The van der Waals surface area contributed by atoms with Crippen LogP contribution in [-0.4, -0.2) is 32.0 Å². The predicted octanol–water partition coefficient (Wildman–Crippen LogP) is 0.707. The van der Waals surface area contributed by atoms with E-state index in [1.54, 1.807) is 0 Å². The van der Waals surface area contributed by atoms with Gasteiger partial charge in [-0.2, -0.15) is 0 Å². The third-order valence-corrected chi connectivity index (χ3v) is 5.09. The molecule has 2 rings (SSSR count). The lowest BCUT2D eigenvalue weighted by atomic mass is 9.86. The highest BCUT2D eigenvalue weighted by molar-refractivity contribution is 7.91. The first-order valence-corrected chi connectivity index (χ1v) is 6.90. The van der Waals surface area contributed by atoms with Crippen LogP contribution in [0.1, 0.15) is 32.1 Å². The molecule has 0 aromatic heterocycles. The van der Waals surface area contributed by atoms with Gasteiger partial charge in [0.2, 0.25) is 0 Å². The fourth-order valence-corrected chi connectivity index (χ4v) is 4.52. The van der Waals surface area contributed by atoms with Crippen molar-refractivity contribution >= 4 is 9.84 Å². The zero-order valence-corrected chi connectivity index (χ0v) is 8.70. The summed E-state index contributed by atoms with van der Waals surface area (Å²) in [6.45, 7) is 0.996. The number of rotatable bonds is 0. The Balaban J connectivity index is 2.13. The molecule has 2 fully saturated rings. The minimum absolute atomic E-state index is 0.0463. The zero-order chi connectivity index (χ0) is 9.36. The Morgan fingerprint density at radius 3 is 2.46 bits per heavy atom. The van der Waals surface area contributed by atoms with Crippen LogP contribution in [0.4, 0.5) is 0 Å². The molecule has 0 bridgehead atoms. The van der Waals surface area contributed by atoms with Crippen molar-refractivity contribution in [1.29, 1.82) is 0 Å². The molecule has 2 heterocycles. The molecule has 1 atom stereocenters. The quantitative estimate of drug-likeness (QED) is 0.630. The molecule has 2 aliphatic heterocycles. The third kappa shape index (κ3) is 2.05. The molecule has 76 valence electrons. The number of piperidine rings is 1. The molecule has 0 aliphatic carbocycles. The van der Waals surface area contributed by atoms with Crippen molar-refractivity contribution in [1.82, 2.24) is 5.32 Å². The average molecular weight is 203 g/mol. The SMILES string of the molecule is O=S1(=O)CCC[C@@]2(CCCCN2)C1. The van der Waals surface area contributed by atoms with E-state index in [9.17, 15) is 8.42 Å². The highest BCUT2D eigenvalue weighted by atomic mass is 32.2. The number of hydrogen-bond donors (Lipinski definition) is 1. The minimum Gasteiger partial charge on any atom is -0.310 e. The van der Waals surface area contributed by atoms with Gasteiger partial charge in [-0.3, -0.25) is 0 Å². The van der Waals surface area contributed by atoms with E-state index < -0.39 is 9.84 Å². The Bertz CT molecular complexity index is 272. The Kier molecular flexibility index (Phi) is 2.36. The van der Waals surface area contributed by atoms with E-state index >= 15 is 0 Å². The molecule has 0 aromatic carbocycles. The van der Waals surface area contributed by atoms with Gasteiger partial charge in [-0.1, -0.05) is 6.42 Å². The van der Waals surface area contributed by atoms with E-state index in [-0.39, 0.29) is 5.54 Å². The lowest BCUT2D eigenvalue weighted by molar-refractivity contribution is 0.254. The van der Waals surface area contributed by atoms with Gasteiger partial charge >= 0.3 is 0 Å². The largest absolute Gasteiger partial charge is 0.310 e. The van der Waals surface area contributed by atoms with Crippen molar-refractivity contribution in [2.45, 2.75) is 37.6 Å². The van der Waals surface area contributed by atoms with Crippen LogP contribution in [0.5, 0.6) is 0 Å². The fraction of sp³-hybridized carbons (Fsp3) is 1.00. The summed E-state index contributed by atoms with van der Waals surface area (Å²) in [6, 6.07) is 0. The van der Waals surface area contributed by atoms with Crippen molar-refractivity contribution in [2.24, 2.45) is 0 Å². The second-order valence-corrected chi connectivity index (χ2v) is 6.54. The summed E-state index contributed by atoms with van der Waals surface area (Å²) >= 11 is 0. The molecule has 4 heteroatoms. The molecule has 0 amide bonds. The standard InChI is InChI=1S/C9H17NO2S/c11-13(12)7-3-5-9(8-13)4-1-2-6-10-9/h10H,1-8H2/t9-/m0/s1. The first-order chi connectivity index (χ1) is 6.12. The second-order valence-electron chi connectivity index (χ2n) is 4.36. The second kappa shape index (κ2) is 3.24. The number of sulfone groups is 1. The van der Waals surface area contributed by atoms with Crippen LogP contribution in [0.3, 0.4) is 0 Å². The molecule has 0 saturated carbocycles. The molecule has 2 saturated heterocycles. The van der Waals surface area contributed by atoms with Crippen LogP contribution in [-0.2, 0) is 9.84 Å². The fourth-order valence-electron chi connectivity index (χ4n) is 2.56. The highest BCUT2D eigenvalue weighted by Gasteiger charge is 2.39. The van der Waals surface area contributed by atoms with Crippen LogP contribution < -0.4 is 5.32 Å². The molecule has 1 spiro atoms. The average Bonchev–Trinajstić information content (AvgIpc) is 2.03. The van der Waals surface area contributed by atoms with Crippen molar-refractivity contribution in [3.63, 3.8) is 0 Å². The van der Waals surface area contributed by atoms with Gasteiger partial charge in [-0.15, -0.1) is 0 Å². The maximum Gasteiger partial charge on any atom is 0.152 e. The van der Waals surface area contributed by atoms with Gasteiger partial charge in [0, 0.05) is 5.54 Å². The summed E-state index contributed by atoms with van der Waals surface area (Å²) in [5.41, 5.74) is -0.0463. The lowest BCUT2D eigenvalue weighted by Gasteiger charge is -2.40. The maximum absolute atomic E-state index is 11.5. The Hall–Kier alpha value is -0.0900. The summed E-state index contributed by atoms with van der Waals surface area (Å²) < 4.78 is 23.0. The summed E-state index contributed by atoms with van der Waals surface area (Å²) in [4.78, 5) is 0. The summed E-state index contributed by atoms with van der Waals surface area (Å²) in [7, 11) is -2.75. The van der Waals surface area contributed by atoms with Gasteiger partial charge in [0.25, 0.3) is 0 Å². The van der Waals surface area contributed by atoms with Crippen molar-refractivity contribution < 1.29 is 8.42 Å². The van der Waals surface area contributed by atoms with Crippen LogP contribution in [0, 0.1) is 0 Å². The van der Waals surface area contributed by atoms with Gasteiger partial charge in [0.15, 0.2) is 9.84 Å². The molecule has 13 heavy (non-hydrogen) atoms. The summed E-state index contributed by atoms with van der Waals surface area (Å²) in [5, 5.41) is 3.41. The molecule has 0 radical (unpaired) electrons. The van der Waals surface area contributed by atoms with E-state index in [0.29, 0.717) is 11.5 Å². The number of hydrogen-bond acceptors (Lipinski definition) is 3. The molecule has 1 N–H and O–H groups in total. The Morgan fingerprint density at radius 1 is 1.08 bits per heavy atom. The van der Waals surface area contributed by atoms with Crippen LogP contribution in [0.25, 0.3) is 0 Å². The van der Waals surface area contributed by atoms with Gasteiger partial charge < -0.3 is 5.32 Å². The third-order valence-electron chi connectivity index (χ3n) is 3.19. The van der Waals surface area contributed by atoms with Gasteiger partial charge in [0.05, 0.1) is 11.5 Å². The van der Waals surface area contributed by atoms with Crippen molar-refractivity contribution in [2.75, 3.05) is 18.1 Å². The monoisotopic (exact) mass is 203 g/mol. The number of nitrogens with one attached hydrogen (secondary N) is 1. The van der Waals surface area contributed by atoms with Gasteiger partial charge in [0.1, 0.15) is 0 Å². The predicted molar refractivity (Wildman–Crippen MR) is 52.5 cm³/mol. The zero-order valence-electron chi connectivity index (χ0n) is 7.88. The smallest absolute Gasteiger partial charge is 0.152 e. The van der Waals surface area contributed by atoms with Crippen LogP contribution >= 0.6 is 0 Å². The molecular weight excluding hydrogens is 186 g/mol. The molecule has 0 aromatic rings. The van der Waals surface area contributed by atoms with Crippen molar-refractivity contribution in [3.8, 4) is 0 Å². The van der Waals surface area contributed by atoms with E-state index in [4.69, 9.17) is 0 Å². The molecule has 2 aliphatic rings. The summed E-state index contributed by atoms with van der Waals surface area (Å²) in [6.07, 6.45) is 5.32. The first kappa shape index (κ1) is 9.46. The van der Waals surface area contributed by atoms with E-state index in [2.05, 4.69) is 5.32 Å². The molecule has 3 nitrogen and oxygen atoms in total. The van der Waals surface area contributed by atoms with E-state index in [1.165, 1.54) is 12.8 Å². The van der Waals surface area contributed by atoms with Gasteiger partial charge in [-0.25, -0.2) is 8.42 Å². The normalized spacial score (nSPS) is 39.1. The van der Waals surface area contributed by atoms with Crippen LogP contribution in [0.2, 0.25) is 0 Å². The van der Waals surface area contributed by atoms with E-state index in [0.717, 1.165) is 25.8 Å². The van der Waals surface area contributed by atoms with Crippen molar-refractivity contribution in [3.05, 3.63) is 0 Å². The van der Waals surface area contributed by atoms with Gasteiger partial charge in [-0.05, 0) is 32.2 Å². The van der Waals surface area contributed by atoms with Crippen LogP contribution in [0.15, 0.2) is 0 Å². The maximum atomic E-state index is 11.5.